The molecule has 1 atom stereocenters. The number of rotatable bonds is 3. The fraction of sp³-hybridized carbons (Fsp3) is 0.238. The van der Waals surface area contributed by atoms with Crippen LogP contribution in [-0.2, 0) is 9.59 Å². The van der Waals surface area contributed by atoms with Crippen LogP contribution in [-0.4, -0.2) is 41.2 Å². The first-order valence-electron chi connectivity index (χ1n) is 9.57. The molecule has 2 aliphatic heterocycles. The number of fused-ring (bicyclic) bond motifs is 2. The lowest BCUT2D eigenvalue weighted by molar-refractivity contribution is -0.123. The highest BCUT2D eigenvalue weighted by molar-refractivity contribution is 6.02. The number of hydrogen-bond donors (Lipinski definition) is 1. The van der Waals surface area contributed by atoms with E-state index >= 15 is 0 Å². The number of nitrogens with zero attached hydrogens (tertiary/aromatic N) is 3. The Bertz CT molecular complexity index is 1220. The summed E-state index contributed by atoms with van der Waals surface area (Å²) in [5.74, 6) is 0.0322. The van der Waals surface area contributed by atoms with Crippen LogP contribution in [0.1, 0.15) is 6.42 Å². The van der Waals surface area contributed by atoms with Crippen molar-refractivity contribution in [2.75, 3.05) is 30.1 Å². The molecular weight excluding hydrogens is 388 g/mol. The quantitative estimate of drug-likeness (QED) is 0.703. The first kappa shape index (κ1) is 18.2. The second-order valence-electron chi connectivity index (χ2n) is 7.15. The van der Waals surface area contributed by atoms with Gasteiger partial charge in [-0.3, -0.25) is 19.8 Å². The summed E-state index contributed by atoms with van der Waals surface area (Å²) in [5, 5.41) is 0.403. The number of carbonyl (C=O) groups is 2. The second kappa shape index (κ2) is 7.18. The molecule has 2 amide bonds. The van der Waals surface area contributed by atoms with Crippen LogP contribution in [0, 0.1) is 5.92 Å². The van der Waals surface area contributed by atoms with Crippen LogP contribution in [0.5, 0.6) is 11.5 Å². The van der Waals surface area contributed by atoms with E-state index < -0.39 is 11.8 Å². The van der Waals surface area contributed by atoms with Gasteiger partial charge in [-0.15, -0.1) is 0 Å². The number of carbonyl (C=O) groups excluding carboxylic acids is 2. The summed E-state index contributed by atoms with van der Waals surface area (Å²) < 4.78 is 12.1. The van der Waals surface area contributed by atoms with Crippen molar-refractivity contribution in [3.63, 3.8) is 0 Å². The molecule has 152 valence electrons. The fourth-order valence-corrected chi connectivity index (χ4v) is 3.69. The lowest BCUT2D eigenvalue weighted by atomic mass is 10.1. The van der Waals surface area contributed by atoms with Crippen molar-refractivity contribution >= 4 is 28.4 Å². The lowest BCUT2D eigenvalue weighted by Crippen LogP contribution is -2.37. The molecule has 3 heterocycles. The summed E-state index contributed by atoms with van der Waals surface area (Å²) in [7, 11) is 0. The lowest BCUT2D eigenvalue weighted by Gasteiger charge is -2.22. The van der Waals surface area contributed by atoms with Crippen LogP contribution < -0.4 is 25.4 Å². The maximum Gasteiger partial charge on any atom is 0.280 e. The highest BCUT2D eigenvalue weighted by Crippen LogP contribution is 2.36. The minimum Gasteiger partial charge on any atom is -0.486 e. The third kappa shape index (κ3) is 3.14. The molecule has 9 nitrogen and oxygen atoms in total. The third-order valence-electron chi connectivity index (χ3n) is 5.23. The molecule has 0 unspecified atom stereocenters. The number of nitrogens with one attached hydrogen (secondary N) is 1. The number of aromatic nitrogens is 2. The summed E-state index contributed by atoms with van der Waals surface area (Å²) in [5.41, 5.74) is 3.39. The molecule has 1 fully saturated rings. The van der Waals surface area contributed by atoms with Gasteiger partial charge >= 0.3 is 0 Å². The number of amides is 2. The van der Waals surface area contributed by atoms with Crippen molar-refractivity contribution in [1.82, 2.24) is 9.66 Å². The van der Waals surface area contributed by atoms with Crippen molar-refractivity contribution in [2.24, 2.45) is 5.92 Å². The first-order chi connectivity index (χ1) is 14.6. The van der Waals surface area contributed by atoms with E-state index in [-0.39, 0.29) is 24.4 Å². The monoisotopic (exact) mass is 406 g/mol. The van der Waals surface area contributed by atoms with E-state index in [0.717, 1.165) is 4.68 Å². The van der Waals surface area contributed by atoms with E-state index in [4.69, 9.17) is 9.47 Å². The van der Waals surface area contributed by atoms with Gasteiger partial charge in [0, 0.05) is 24.7 Å². The predicted octanol–water partition coefficient (Wildman–Crippen LogP) is 1.29. The molecular formula is C21H18N4O5. The molecule has 5 rings (SSSR count). The van der Waals surface area contributed by atoms with Crippen LogP contribution in [0.4, 0.5) is 5.69 Å². The van der Waals surface area contributed by atoms with Crippen molar-refractivity contribution < 1.29 is 19.1 Å². The molecule has 1 aromatic heterocycles. The summed E-state index contributed by atoms with van der Waals surface area (Å²) in [6.45, 7) is 1.14. The Hall–Kier alpha value is -3.88. The molecule has 2 aliphatic rings. The molecule has 0 radical (unpaired) electrons. The summed E-state index contributed by atoms with van der Waals surface area (Å²) in [4.78, 5) is 43.6. The minimum absolute atomic E-state index is 0.0516. The van der Waals surface area contributed by atoms with Gasteiger partial charge in [-0.25, -0.2) is 9.66 Å². The van der Waals surface area contributed by atoms with Gasteiger partial charge in [-0.05, 0) is 24.3 Å². The molecule has 0 spiro atoms. The van der Waals surface area contributed by atoms with Crippen molar-refractivity contribution in [3.8, 4) is 11.5 Å². The van der Waals surface area contributed by atoms with E-state index in [1.54, 1.807) is 47.4 Å². The van der Waals surface area contributed by atoms with Gasteiger partial charge in [0.15, 0.2) is 11.5 Å². The Morgan fingerprint density at radius 1 is 1.07 bits per heavy atom. The van der Waals surface area contributed by atoms with Crippen LogP contribution in [0.2, 0.25) is 0 Å². The van der Waals surface area contributed by atoms with Gasteiger partial charge in [-0.2, -0.15) is 0 Å². The van der Waals surface area contributed by atoms with E-state index in [2.05, 4.69) is 10.4 Å². The average Bonchev–Trinajstić information content (AvgIpc) is 3.17. The molecule has 0 bridgehead atoms. The maximum absolute atomic E-state index is 12.7. The smallest absolute Gasteiger partial charge is 0.280 e. The van der Waals surface area contributed by atoms with Gasteiger partial charge in [0.05, 0.1) is 16.8 Å². The number of ether oxygens (including phenoxy) is 2. The number of hydrogen-bond acceptors (Lipinski definition) is 6. The van der Waals surface area contributed by atoms with Gasteiger partial charge in [0.2, 0.25) is 11.8 Å². The molecule has 0 aliphatic carbocycles. The summed E-state index contributed by atoms with van der Waals surface area (Å²) >= 11 is 0. The van der Waals surface area contributed by atoms with Crippen LogP contribution in [0.25, 0.3) is 10.9 Å². The Morgan fingerprint density at radius 2 is 1.87 bits per heavy atom. The molecule has 1 saturated heterocycles. The molecule has 9 heteroatoms. The largest absolute Gasteiger partial charge is 0.486 e. The maximum atomic E-state index is 12.7. The SMILES string of the molecule is O=C(Nn1cnc2ccccc2c1=O)[C@@H]1CC(=O)N(c2ccc3c(c2)OCCO3)C1. The standard InChI is InChI=1S/C21H18N4O5/c26-19-9-13(11-24(19)14-5-6-17-18(10-14)30-8-7-29-17)20(27)23-25-12-22-16-4-2-1-3-15(16)21(25)28/h1-6,10,12-13H,7-9,11H2,(H,23,27)/t13-/m1/s1. The van der Waals surface area contributed by atoms with Gasteiger partial charge in [-0.1, -0.05) is 12.1 Å². The third-order valence-corrected chi connectivity index (χ3v) is 5.23. The van der Waals surface area contributed by atoms with E-state index in [1.807, 2.05) is 0 Å². The Balaban J connectivity index is 1.34. The topological polar surface area (TPSA) is 103 Å². The molecule has 3 aromatic rings. The molecule has 1 N–H and O–H groups in total. The molecule has 0 saturated carbocycles. The number of anilines is 1. The van der Waals surface area contributed by atoms with Crippen LogP contribution >= 0.6 is 0 Å². The molecule has 30 heavy (non-hydrogen) atoms. The second-order valence-corrected chi connectivity index (χ2v) is 7.15. The van der Waals surface area contributed by atoms with Crippen LogP contribution in [0.3, 0.4) is 0 Å². The molecule has 2 aromatic carbocycles. The van der Waals surface area contributed by atoms with Gasteiger partial charge in [0.1, 0.15) is 19.5 Å². The van der Waals surface area contributed by atoms with Crippen molar-refractivity contribution in [1.29, 1.82) is 0 Å². The van der Waals surface area contributed by atoms with E-state index in [1.165, 1.54) is 6.33 Å². The normalized spacial score (nSPS) is 17.9. The zero-order valence-electron chi connectivity index (χ0n) is 15.9. The Labute approximate surface area is 170 Å². The summed E-state index contributed by atoms with van der Waals surface area (Å²) in [6.07, 6.45) is 1.33. The van der Waals surface area contributed by atoms with Gasteiger partial charge < -0.3 is 14.4 Å². The highest BCUT2D eigenvalue weighted by atomic mass is 16.6. The highest BCUT2D eigenvalue weighted by Gasteiger charge is 2.36. The van der Waals surface area contributed by atoms with Crippen LogP contribution in [0.15, 0.2) is 53.6 Å². The van der Waals surface area contributed by atoms with Crippen molar-refractivity contribution in [3.05, 3.63) is 59.1 Å². The zero-order valence-corrected chi connectivity index (χ0v) is 15.9. The number of benzene rings is 2. The minimum atomic E-state index is -0.593. The fourth-order valence-electron chi connectivity index (χ4n) is 3.69. The number of para-hydroxylation sites is 1. The van der Waals surface area contributed by atoms with Gasteiger partial charge in [0.25, 0.3) is 5.56 Å². The average molecular weight is 406 g/mol. The summed E-state index contributed by atoms with van der Waals surface area (Å²) in [6, 6.07) is 12.2. The Morgan fingerprint density at radius 3 is 2.73 bits per heavy atom. The first-order valence-corrected chi connectivity index (χ1v) is 9.57. The predicted molar refractivity (Wildman–Crippen MR) is 108 cm³/mol. The van der Waals surface area contributed by atoms with E-state index in [9.17, 15) is 14.4 Å². The van der Waals surface area contributed by atoms with E-state index in [0.29, 0.717) is 41.3 Å². The van der Waals surface area contributed by atoms with Crippen molar-refractivity contribution in [2.45, 2.75) is 6.42 Å². The Kier molecular flexibility index (Phi) is 4.35. The zero-order chi connectivity index (χ0) is 20.7.